The molecule has 0 saturated heterocycles. The van der Waals surface area contributed by atoms with Crippen LogP contribution in [0.25, 0.3) is 22.2 Å². The van der Waals surface area contributed by atoms with Crippen molar-refractivity contribution >= 4 is 22.6 Å². The molecule has 3 heterocycles. The molecule has 0 aliphatic heterocycles. The van der Waals surface area contributed by atoms with Crippen LogP contribution < -0.4 is 10.6 Å². The second kappa shape index (κ2) is 9.33. The van der Waals surface area contributed by atoms with E-state index in [1.807, 2.05) is 0 Å². The van der Waals surface area contributed by atoms with Gasteiger partial charge in [-0.25, -0.2) is 24.3 Å². The average molecular weight is 471 g/mol. The van der Waals surface area contributed by atoms with Crippen molar-refractivity contribution in [1.29, 1.82) is 0 Å². The Kier molecular flexibility index (Phi) is 6.30. The number of hydrogen-bond donors (Lipinski definition) is 2. The molecule has 34 heavy (non-hydrogen) atoms. The smallest absolute Gasteiger partial charge is 0.370 e. The first-order valence-corrected chi connectivity index (χ1v) is 10.0. The number of anilines is 1. The zero-order chi connectivity index (χ0) is 24.3. The molecule has 4 rings (SSSR count). The van der Waals surface area contributed by atoms with E-state index in [-0.39, 0.29) is 10.9 Å². The van der Waals surface area contributed by atoms with E-state index in [2.05, 4.69) is 35.6 Å². The maximum atomic E-state index is 14.5. The van der Waals surface area contributed by atoms with Gasteiger partial charge in [0.05, 0.1) is 16.8 Å². The number of fused-ring (bicyclic) bond motifs is 1. The number of aromatic nitrogens is 5. The quantitative estimate of drug-likeness (QED) is 0.414. The summed E-state index contributed by atoms with van der Waals surface area (Å²) in [4.78, 5) is 31.2. The predicted molar refractivity (Wildman–Crippen MR) is 115 cm³/mol. The highest BCUT2D eigenvalue weighted by Gasteiger charge is 2.34. The van der Waals surface area contributed by atoms with Gasteiger partial charge >= 0.3 is 6.18 Å². The van der Waals surface area contributed by atoms with Gasteiger partial charge in [-0.15, -0.1) is 0 Å². The van der Waals surface area contributed by atoms with Crippen molar-refractivity contribution in [3.63, 3.8) is 0 Å². The van der Waals surface area contributed by atoms with Crippen molar-refractivity contribution < 1.29 is 22.4 Å². The van der Waals surface area contributed by atoms with Crippen LogP contribution in [0, 0.1) is 5.82 Å². The van der Waals surface area contributed by atoms with Crippen molar-refractivity contribution in [1.82, 2.24) is 30.2 Å². The highest BCUT2D eigenvalue weighted by atomic mass is 19.4. The van der Waals surface area contributed by atoms with Crippen molar-refractivity contribution in [3.05, 3.63) is 72.0 Å². The number of nitrogens with zero attached hydrogens (tertiary/aromatic N) is 5. The van der Waals surface area contributed by atoms with Gasteiger partial charge in [-0.05, 0) is 24.1 Å². The maximum Gasteiger partial charge on any atom is 0.451 e. The SMILES string of the molecule is CNC(=O)c1ccnc2c(CCNc3cc(-c4cnc(C(F)(F)F)nc4)ncn3)ccc(F)c12. The van der Waals surface area contributed by atoms with Crippen LogP contribution in [0.3, 0.4) is 0 Å². The van der Waals surface area contributed by atoms with Crippen molar-refractivity contribution in [3.8, 4) is 11.3 Å². The molecule has 1 amide bonds. The fourth-order valence-corrected chi connectivity index (χ4v) is 3.35. The molecule has 0 fully saturated rings. The monoisotopic (exact) mass is 471 g/mol. The van der Waals surface area contributed by atoms with Crippen molar-refractivity contribution in [2.24, 2.45) is 0 Å². The van der Waals surface area contributed by atoms with Gasteiger partial charge in [-0.1, -0.05) is 6.07 Å². The van der Waals surface area contributed by atoms with Crippen LogP contribution in [0.2, 0.25) is 0 Å². The predicted octanol–water partition coefficient (Wildman–Crippen LogP) is 3.65. The Balaban J connectivity index is 1.50. The number of nitrogens with one attached hydrogen (secondary N) is 2. The Morgan fingerprint density at radius 2 is 1.79 bits per heavy atom. The number of alkyl halides is 3. The van der Waals surface area contributed by atoms with E-state index in [9.17, 15) is 22.4 Å². The van der Waals surface area contributed by atoms with E-state index in [1.54, 1.807) is 12.1 Å². The van der Waals surface area contributed by atoms with E-state index in [4.69, 9.17) is 0 Å². The van der Waals surface area contributed by atoms with Gasteiger partial charge in [-0.3, -0.25) is 9.78 Å². The molecular formula is C22H17F4N7O. The average Bonchev–Trinajstić information content (AvgIpc) is 2.84. The van der Waals surface area contributed by atoms with Crippen LogP contribution in [-0.4, -0.2) is 44.4 Å². The van der Waals surface area contributed by atoms with Gasteiger partial charge in [-0.2, -0.15) is 13.2 Å². The molecule has 0 aliphatic rings. The first kappa shape index (κ1) is 23.0. The lowest BCUT2D eigenvalue weighted by molar-refractivity contribution is -0.144. The number of pyridine rings is 1. The van der Waals surface area contributed by atoms with Crippen LogP contribution in [0.15, 0.2) is 49.2 Å². The van der Waals surface area contributed by atoms with Crippen LogP contribution in [0.5, 0.6) is 0 Å². The lowest BCUT2D eigenvalue weighted by Crippen LogP contribution is -2.18. The fraction of sp³-hybridized carbons (Fsp3) is 0.182. The summed E-state index contributed by atoms with van der Waals surface area (Å²) in [6.07, 6.45) is 0.609. The Bertz CT molecular complexity index is 1340. The molecule has 4 aromatic rings. The van der Waals surface area contributed by atoms with E-state index in [0.717, 1.165) is 18.0 Å². The van der Waals surface area contributed by atoms with E-state index < -0.39 is 23.7 Å². The largest absolute Gasteiger partial charge is 0.451 e. The third-order valence-corrected chi connectivity index (χ3v) is 4.97. The third-order valence-electron chi connectivity index (χ3n) is 4.97. The minimum Gasteiger partial charge on any atom is -0.370 e. The summed E-state index contributed by atoms with van der Waals surface area (Å²) in [6, 6.07) is 5.90. The summed E-state index contributed by atoms with van der Waals surface area (Å²) >= 11 is 0. The van der Waals surface area contributed by atoms with Gasteiger partial charge in [0, 0.05) is 49.2 Å². The molecule has 8 nitrogen and oxygen atoms in total. The fourth-order valence-electron chi connectivity index (χ4n) is 3.35. The first-order chi connectivity index (χ1) is 16.3. The summed E-state index contributed by atoms with van der Waals surface area (Å²) < 4.78 is 52.5. The molecule has 3 aromatic heterocycles. The number of carbonyl (C=O) groups is 1. The minimum atomic E-state index is -4.63. The summed E-state index contributed by atoms with van der Waals surface area (Å²) in [6.45, 7) is 0.382. The molecule has 0 spiro atoms. The lowest BCUT2D eigenvalue weighted by atomic mass is 10.0. The van der Waals surface area contributed by atoms with Crippen LogP contribution >= 0.6 is 0 Å². The molecule has 0 aliphatic carbocycles. The van der Waals surface area contributed by atoms with E-state index in [0.29, 0.717) is 35.6 Å². The molecule has 0 atom stereocenters. The topological polar surface area (TPSA) is 106 Å². The highest BCUT2D eigenvalue weighted by molar-refractivity contribution is 6.06. The number of hydrogen-bond acceptors (Lipinski definition) is 7. The number of amides is 1. The Hall–Kier alpha value is -4.22. The Morgan fingerprint density at radius 1 is 1.03 bits per heavy atom. The molecule has 12 heteroatoms. The van der Waals surface area contributed by atoms with Gasteiger partial charge in [0.1, 0.15) is 18.0 Å². The zero-order valence-corrected chi connectivity index (χ0v) is 17.7. The molecule has 2 N–H and O–H groups in total. The van der Waals surface area contributed by atoms with Gasteiger partial charge in [0.15, 0.2) is 0 Å². The normalized spacial score (nSPS) is 11.4. The zero-order valence-electron chi connectivity index (χ0n) is 17.7. The molecule has 0 unspecified atom stereocenters. The second-order valence-corrected chi connectivity index (χ2v) is 7.13. The number of halogens is 4. The molecular weight excluding hydrogens is 454 g/mol. The molecule has 0 saturated carbocycles. The highest BCUT2D eigenvalue weighted by Crippen LogP contribution is 2.27. The standard InChI is InChI=1S/C22H17F4N7O/c1-27-20(34)14-5-7-29-19-12(2-3-15(23)18(14)19)4-6-28-17-8-16(32-11-33-17)13-9-30-21(31-10-13)22(24,25)26/h2-3,5,7-11H,4,6H2,1H3,(H,27,34)(H,28,32,33). The molecule has 0 radical (unpaired) electrons. The number of benzene rings is 1. The van der Waals surface area contributed by atoms with Crippen LogP contribution in [0.1, 0.15) is 21.7 Å². The van der Waals surface area contributed by atoms with E-state index >= 15 is 0 Å². The first-order valence-electron chi connectivity index (χ1n) is 10.0. The van der Waals surface area contributed by atoms with Crippen molar-refractivity contribution in [2.75, 3.05) is 18.9 Å². The summed E-state index contributed by atoms with van der Waals surface area (Å²) in [5.41, 5.74) is 1.94. The maximum absolute atomic E-state index is 14.5. The van der Waals surface area contributed by atoms with Gasteiger partial charge in [0.2, 0.25) is 5.82 Å². The lowest BCUT2D eigenvalue weighted by Gasteiger charge is -2.11. The van der Waals surface area contributed by atoms with Gasteiger partial charge in [0.25, 0.3) is 5.91 Å². The van der Waals surface area contributed by atoms with Crippen LogP contribution in [-0.2, 0) is 12.6 Å². The Morgan fingerprint density at radius 3 is 2.50 bits per heavy atom. The van der Waals surface area contributed by atoms with Gasteiger partial charge < -0.3 is 10.6 Å². The molecule has 174 valence electrons. The molecule has 0 bridgehead atoms. The summed E-state index contributed by atoms with van der Waals surface area (Å²) in [5, 5.41) is 5.73. The number of carbonyl (C=O) groups excluding carboxylic acids is 1. The Labute approximate surface area is 190 Å². The van der Waals surface area contributed by atoms with E-state index in [1.165, 1.54) is 31.7 Å². The summed E-state index contributed by atoms with van der Waals surface area (Å²) in [7, 11) is 1.47. The summed E-state index contributed by atoms with van der Waals surface area (Å²) in [5.74, 6) is -1.77. The van der Waals surface area contributed by atoms with Crippen molar-refractivity contribution in [2.45, 2.75) is 12.6 Å². The van der Waals surface area contributed by atoms with Crippen LogP contribution in [0.4, 0.5) is 23.4 Å². The molecule has 1 aromatic carbocycles. The third kappa shape index (κ3) is 4.75. The second-order valence-electron chi connectivity index (χ2n) is 7.13. The number of rotatable bonds is 6. The minimum absolute atomic E-state index is 0.144.